The fraction of sp³-hybridized carbons (Fsp3) is 0.150. The molecule has 0 bridgehead atoms. The van der Waals surface area contributed by atoms with Gasteiger partial charge in [-0.25, -0.2) is 0 Å². The molecule has 0 fully saturated rings. The third-order valence-electron chi connectivity index (χ3n) is 4.38. The Hall–Kier alpha value is -3.23. The number of benzene rings is 2. The molecule has 25 heavy (non-hydrogen) atoms. The van der Waals surface area contributed by atoms with Crippen LogP contribution in [0, 0.1) is 6.57 Å². The van der Waals surface area contributed by atoms with Crippen LogP contribution in [0.25, 0.3) is 10.5 Å². The minimum absolute atomic E-state index is 0.0857. The zero-order valence-corrected chi connectivity index (χ0v) is 13.8. The zero-order chi connectivity index (χ0) is 17.4. The highest BCUT2D eigenvalue weighted by Gasteiger charge is 2.33. The van der Waals surface area contributed by atoms with Crippen LogP contribution in [0.5, 0.6) is 11.5 Å². The molecule has 1 aromatic heterocycles. The lowest BCUT2D eigenvalue weighted by Crippen LogP contribution is -1.99. The molecule has 2 aromatic carbocycles. The van der Waals surface area contributed by atoms with Gasteiger partial charge < -0.3 is 20.1 Å². The maximum Gasteiger partial charge on any atom is 0.258 e. The first-order valence-electron chi connectivity index (χ1n) is 8.04. The minimum Gasteiger partial charge on any atom is -0.457 e. The van der Waals surface area contributed by atoms with Gasteiger partial charge in [-0.2, -0.15) is 0 Å². The van der Waals surface area contributed by atoms with Crippen LogP contribution >= 0.6 is 0 Å². The molecule has 1 unspecified atom stereocenters. The van der Waals surface area contributed by atoms with Crippen LogP contribution in [0.3, 0.4) is 0 Å². The Morgan fingerprint density at radius 1 is 1.12 bits per heavy atom. The van der Waals surface area contributed by atoms with Crippen LogP contribution in [0.2, 0.25) is 0 Å². The second-order valence-electron chi connectivity index (χ2n) is 5.91. The van der Waals surface area contributed by atoms with Crippen LogP contribution in [-0.2, 0) is 11.3 Å². The third-order valence-corrected chi connectivity index (χ3v) is 4.38. The molecule has 2 heterocycles. The average molecular weight is 331 g/mol. The van der Waals surface area contributed by atoms with Gasteiger partial charge in [0.15, 0.2) is 0 Å². The van der Waals surface area contributed by atoms with Crippen LogP contribution < -0.4 is 10.5 Å². The highest BCUT2D eigenvalue weighted by atomic mass is 16.5. The lowest BCUT2D eigenvalue weighted by Gasteiger charge is -2.09. The Balaban J connectivity index is 1.71. The Labute approximate surface area is 146 Å². The number of ether oxygens (including phenoxy) is 2. The number of para-hydroxylation sites is 1. The molecule has 1 atom stereocenters. The van der Waals surface area contributed by atoms with Gasteiger partial charge in [-0.05, 0) is 43.3 Å². The van der Waals surface area contributed by atoms with Gasteiger partial charge in [0.25, 0.3) is 5.82 Å². The normalized spacial score (nSPS) is 15.6. The van der Waals surface area contributed by atoms with E-state index in [9.17, 15) is 0 Å². The Bertz CT molecular complexity index is 953. The van der Waals surface area contributed by atoms with E-state index in [2.05, 4.69) is 4.85 Å². The molecule has 4 rings (SSSR count). The van der Waals surface area contributed by atoms with Crippen molar-refractivity contribution < 1.29 is 9.47 Å². The topological polar surface area (TPSA) is 53.8 Å². The van der Waals surface area contributed by atoms with Crippen molar-refractivity contribution in [1.82, 2.24) is 4.57 Å². The van der Waals surface area contributed by atoms with Gasteiger partial charge in [0, 0.05) is 5.56 Å². The molecule has 0 radical (unpaired) electrons. The maximum absolute atomic E-state index is 7.50. The van der Waals surface area contributed by atoms with Crippen molar-refractivity contribution in [2.45, 2.75) is 19.6 Å². The maximum atomic E-state index is 7.50. The van der Waals surface area contributed by atoms with E-state index in [0.717, 1.165) is 28.4 Å². The molecular weight excluding hydrogens is 314 g/mol. The van der Waals surface area contributed by atoms with E-state index in [1.165, 1.54) is 0 Å². The Morgan fingerprint density at radius 2 is 1.80 bits per heavy atom. The smallest absolute Gasteiger partial charge is 0.258 e. The largest absolute Gasteiger partial charge is 0.457 e. The van der Waals surface area contributed by atoms with E-state index in [0.29, 0.717) is 18.1 Å². The molecule has 1 aliphatic heterocycles. The molecule has 0 saturated heterocycles. The zero-order valence-electron chi connectivity index (χ0n) is 13.8. The van der Waals surface area contributed by atoms with E-state index in [-0.39, 0.29) is 6.10 Å². The number of aromatic nitrogens is 1. The van der Waals surface area contributed by atoms with Crippen molar-refractivity contribution in [3.8, 4) is 17.2 Å². The van der Waals surface area contributed by atoms with E-state index in [1.54, 1.807) is 0 Å². The number of hydrogen-bond donors (Lipinski definition) is 1. The summed E-state index contributed by atoms with van der Waals surface area (Å²) < 4.78 is 13.4. The summed E-state index contributed by atoms with van der Waals surface area (Å²) in [6.45, 7) is 9.91. The first-order valence-corrected chi connectivity index (χ1v) is 8.04. The monoisotopic (exact) mass is 331 g/mol. The van der Waals surface area contributed by atoms with Crippen molar-refractivity contribution >= 4 is 11.5 Å². The number of nitrogens with zero attached hydrogens (tertiary/aromatic N) is 2. The van der Waals surface area contributed by atoms with Crippen molar-refractivity contribution in [1.29, 1.82) is 0 Å². The fourth-order valence-electron chi connectivity index (χ4n) is 3.20. The molecule has 1 aliphatic rings. The number of fused-ring (bicyclic) bond motifs is 1. The van der Waals surface area contributed by atoms with E-state index in [4.69, 9.17) is 21.8 Å². The quantitative estimate of drug-likeness (QED) is 0.688. The van der Waals surface area contributed by atoms with Gasteiger partial charge in [0.2, 0.25) is 0 Å². The molecule has 3 aromatic rings. The summed E-state index contributed by atoms with van der Waals surface area (Å²) in [4.78, 5) is 3.64. The molecule has 0 amide bonds. The number of hydrogen-bond acceptors (Lipinski definition) is 3. The molecule has 0 aliphatic carbocycles. The Morgan fingerprint density at radius 3 is 2.48 bits per heavy atom. The summed E-state index contributed by atoms with van der Waals surface area (Å²) in [5, 5.41) is 0. The first-order chi connectivity index (χ1) is 12.2. The van der Waals surface area contributed by atoms with Crippen LogP contribution in [0.15, 0.2) is 54.6 Å². The van der Waals surface area contributed by atoms with Gasteiger partial charge in [-0.3, -0.25) is 4.57 Å². The third kappa shape index (κ3) is 2.53. The second-order valence-corrected chi connectivity index (χ2v) is 5.91. The van der Waals surface area contributed by atoms with Gasteiger partial charge in [0.1, 0.15) is 29.5 Å². The summed E-state index contributed by atoms with van der Waals surface area (Å²) in [5.74, 6) is 1.96. The standard InChI is InChI=1S/C20H17N3O2/c1-13-18-17(12-24-13)23(20(22-2)19(18)21)14-8-10-16(11-9-14)25-15-6-4-3-5-7-15/h3-11,13H,12,21H2,1H3. The number of anilines is 1. The lowest BCUT2D eigenvalue weighted by molar-refractivity contribution is 0.0779. The molecule has 0 saturated carbocycles. The predicted octanol–water partition coefficient (Wildman–Crippen LogP) is 4.99. The van der Waals surface area contributed by atoms with E-state index < -0.39 is 0 Å². The fourth-order valence-corrected chi connectivity index (χ4v) is 3.20. The molecule has 5 heteroatoms. The Kier molecular flexibility index (Phi) is 3.68. The summed E-state index contributed by atoms with van der Waals surface area (Å²) >= 11 is 0. The van der Waals surface area contributed by atoms with Crippen molar-refractivity contribution in [3.63, 3.8) is 0 Å². The molecule has 0 spiro atoms. The molecule has 5 nitrogen and oxygen atoms in total. The highest BCUT2D eigenvalue weighted by molar-refractivity contribution is 5.75. The summed E-state index contributed by atoms with van der Waals surface area (Å²) in [7, 11) is 0. The average Bonchev–Trinajstić information content (AvgIpc) is 3.15. The van der Waals surface area contributed by atoms with Crippen molar-refractivity contribution in [2.75, 3.05) is 5.73 Å². The van der Waals surface area contributed by atoms with Gasteiger partial charge in [0.05, 0.1) is 11.8 Å². The summed E-state index contributed by atoms with van der Waals surface area (Å²) in [5.41, 5.74) is 9.45. The molecule has 2 N–H and O–H groups in total. The molecule has 124 valence electrons. The number of nitrogens with two attached hydrogens (primary N) is 1. The SMILES string of the molecule is [C-]#[N+]c1c(N)c2c(n1-c1ccc(Oc3ccccc3)cc1)COC2C. The highest BCUT2D eigenvalue weighted by Crippen LogP contribution is 2.44. The molecular formula is C20H17N3O2. The van der Waals surface area contributed by atoms with E-state index >= 15 is 0 Å². The van der Waals surface area contributed by atoms with Crippen LogP contribution in [0.1, 0.15) is 24.3 Å². The minimum atomic E-state index is -0.0857. The lowest BCUT2D eigenvalue weighted by atomic mass is 10.1. The van der Waals surface area contributed by atoms with E-state index in [1.807, 2.05) is 66.1 Å². The summed E-state index contributed by atoms with van der Waals surface area (Å²) in [6.07, 6.45) is -0.0857. The van der Waals surface area contributed by atoms with Gasteiger partial charge >= 0.3 is 0 Å². The number of rotatable bonds is 3. The van der Waals surface area contributed by atoms with Gasteiger partial charge in [-0.15, -0.1) is 0 Å². The van der Waals surface area contributed by atoms with Gasteiger partial charge in [-0.1, -0.05) is 24.8 Å². The first kappa shape index (κ1) is 15.3. The van der Waals surface area contributed by atoms with Crippen LogP contribution in [0.4, 0.5) is 11.5 Å². The second kappa shape index (κ2) is 6.00. The van der Waals surface area contributed by atoms with Crippen LogP contribution in [-0.4, -0.2) is 4.57 Å². The predicted molar refractivity (Wildman–Crippen MR) is 96.2 cm³/mol. The number of nitrogen functional groups attached to an aromatic ring is 1. The van der Waals surface area contributed by atoms with Crippen molar-refractivity contribution in [3.05, 3.63) is 77.3 Å². The summed E-state index contributed by atoms with van der Waals surface area (Å²) in [6, 6.07) is 17.2. The van der Waals surface area contributed by atoms with Crippen molar-refractivity contribution in [2.24, 2.45) is 0 Å².